The molecule has 1 heterocycles. The van der Waals surface area contributed by atoms with Crippen molar-refractivity contribution in [2.45, 2.75) is 13.3 Å². The fourth-order valence-electron chi connectivity index (χ4n) is 2.78. The van der Waals surface area contributed by atoms with Gasteiger partial charge in [-0.2, -0.15) is 0 Å². The van der Waals surface area contributed by atoms with Crippen LogP contribution in [-0.2, 0) is 20.8 Å². The van der Waals surface area contributed by atoms with E-state index in [1.807, 2.05) is 0 Å². The molecule has 1 unspecified atom stereocenters. The average Bonchev–Trinajstić information content (AvgIpc) is 2.79. The predicted molar refractivity (Wildman–Crippen MR) is 86.5 cm³/mol. The average molecular weight is 335 g/mol. The molecule has 1 saturated heterocycles. The van der Waals surface area contributed by atoms with E-state index in [1.165, 1.54) is 26.1 Å². The van der Waals surface area contributed by atoms with Crippen LogP contribution >= 0.6 is 0 Å². The summed E-state index contributed by atoms with van der Waals surface area (Å²) in [7, 11) is 1.54. The molecule has 0 aromatic heterocycles. The van der Waals surface area contributed by atoms with E-state index < -0.39 is 5.92 Å². The molecule has 1 N–H and O–H groups in total. The van der Waals surface area contributed by atoms with E-state index in [2.05, 4.69) is 5.32 Å². The minimum atomic E-state index is -0.460. The summed E-state index contributed by atoms with van der Waals surface area (Å²) in [4.78, 5) is 39.4. The van der Waals surface area contributed by atoms with Gasteiger partial charge in [-0.1, -0.05) is 12.1 Å². The van der Waals surface area contributed by atoms with Gasteiger partial charge in [-0.25, -0.2) is 4.39 Å². The van der Waals surface area contributed by atoms with Crippen LogP contribution in [0.2, 0.25) is 0 Å². The third-order valence-electron chi connectivity index (χ3n) is 4.21. The number of benzene rings is 1. The molecular weight excluding hydrogens is 313 g/mol. The number of nitrogens with one attached hydrogen (secondary N) is 1. The molecule has 0 radical (unpaired) electrons. The minimum absolute atomic E-state index is 0.114. The molecule has 1 aromatic rings. The van der Waals surface area contributed by atoms with Crippen molar-refractivity contribution in [3.63, 3.8) is 0 Å². The summed E-state index contributed by atoms with van der Waals surface area (Å²) in [6.45, 7) is 2.81. The van der Waals surface area contributed by atoms with Crippen molar-refractivity contribution < 1.29 is 18.8 Å². The Hall–Kier alpha value is -2.44. The van der Waals surface area contributed by atoms with Crippen molar-refractivity contribution in [1.29, 1.82) is 0 Å². The number of hydrogen-bond donors (Lipinski definition) is 1. The van der Waals surface area contributed by atoms with E-state index in [9.17, 15) is 18.8 Å². The van der Waals surface area contributed by atoms with Gasteiger partial charge in [-0.15, -0.1) is 0 Å². The molecule has 1 atom stereocenters. The largest absolute Gasteiger partial charge is 0.359 e. The quantitative estimate of drug-likeness (QED) is 0.870. The molecule has 3 amide bonds. The molecule has 0 saturated carbocycles. The Bertz CT molecular complexity index is 618. The van der Waals surface area contributed by atoms with Gasteiger partial charge >= 0.3 is 0 Å². The zero-order valence-electron chi connectivity index (χ0n) is 13.9. The van der Waals surface area contributed by atoms with Crippen molar-refractivity contribution in [3.05, 3.63) is 35.6 Å². The monoisotopic (exact) mass is 335 g/mol. The second-order valence-corrected chi connectivity index (χ2v) is 5.92. The van der Waals surface area contributed by atoms with Crippen molar-refractivity contribution in [2.24, 2.45) is 5.92 Å². The van der Waals surface area contributed by atoms with Crippen LogP contribution in [0.25, 0.3) is 0 Å². The van der Waals surface area contributed by atoms with E-state index in [0.29, 0.717) is 25.2 Å². The Morgan fingerprint density at radius 2 is 1.71 bits per heavy atom. The maximum Gasteiger partial charge on any atom is 0.227 e. The Kier molecular flexibility index (Phi) is 5.89. The SMILES string of the molecule is CNC(=O)C1CN(C(C)=O)CCN(C(=O)Cc2ccc(F)cc2)C1. The van der Waals surface area contributed by atoms with Crippen molar-refractivity contribution >= 4 is 17.7 Å². The molecule has 1 aromatic carbocycles. The fraction of sp³-hybridized carbons (Fsp3) is 0.471. The Labute approximate surface area is 140 Å². The summed E-state index contributed by atoms with van der Waals surface area (Å²) in [5, 5.41) is 2.58. The smallest absolute Gasteiger partial charge is 0.227 e. The van der Waals surface area contributed by atoms with E-state index in [-0.39, 0.29) is 36.5 Å². The molecule has 2 rings (SSSR count). The molecule has 24 heavy (non-hydrogen) atoms. The van der Waals surface area contributed by atoms with Crippen LogP contribution in [0, 0.1) is 11.7 Å². The Morgan fingerprint density at radius 3 is 2.29 bits per heavy atom. The number of halogens is 1. The maximum absolute atomic E-state index is 13.0. The lowest BCUT2D eigenvalue weighted by atomic mass is 10.1. The van der Waals surface area contributed by atoms with Gasteiger partial charge in [0.1, 0.15) is 5.82 Å². The normalized spacial score (nSPS) is 18.0. The van der Waals surface area contributed by atoms with Gasteiger partial charge in [-0.05, 0) is 17.7 Å². The number of amides is 3. The van der Waals surface area contributed by atoms with Crippen LogP contribution in [-0.4, -0.2) is 60.7 Å². The molecule has 1 fully saturated rings. The Balaban J connectivity index is 2.09. The number of carbonyl (C=O) groups is 3. The van der Waals surface area contributed by atoms with Crippen LogP contribution in [0.3, 0.4) is 0 Å². The van der Waals surface area contributed by atoms with Crippen LogP contribution in [0.5, 0.6) is 0 Å². The van der Waals surface area contributed by atoms with Crippen LogP contribution in [0.4, 0.5) is 4.39 Å². The highest BCUT2D eigenvalue weighted by Crippen LogP contribution is 2.13. The van der Waals surface area contributed by atoms with E-state index in [4.69, 9.17) is 0 Å². The van der Waals surface area contributed by atoms with Gasteiger partial charge in [0.25, 0.3) is 0 Å². The second-order valence-electron chi connectivity index (χ2n) is 5.92. The number of carbonyl (C=O) groups excluding carboxylic acids is 3. The fourth-order valence-corrected chi connectivity index (χ4v) is 2.78. The molecule has 7 heteroatoms. The predicted octanol–water partition coefficient (Wildman–Crippen LogP) is 0.421. The Morgan fingerprint density at radius 1 is 1.12 bits per heavy atom. The lowest BCUT2D eigenvalue weighted by Crippen LogP contribution is -2.42. The van der Waals surface area contributed by atoms with E-state index in [1.54, 1.807) is 21.9 Å². The third-order valence-corrected chi connectivity index (χ3v) is 4.21. The van der Waals surface area contributed by atoms with Gasteiger partial charge in [0.05, 0.1) is 12.3 Å². The first-order chi connectivity index (χ1) is 11.4. The molecule has 1 aliphatic heterocycles. The molecule has 0 spiro atoms. The first-order valence-corrected chi connectivity index (χ1v) is 7.90. The summed E-state index contributed by atoms with van der Waals surface area (Å²) in [6.07, 6.45) is 0.140. The van der Waals surface area contributed by atoms with Gasteiger partial charge in [0.2, 0.25) is 17.7 Å². The number of hydrogen-bond acceptors (Lipinski definition) is 3. The number of nitrogens with zero attached hydrogens (tertiary/aromatic N) is 2. The lowest BCUT2D eigenvalue weighted by Gasteiger charge is -2.23. The standard InChI is InChI=1S/C17H22FN3O3/c1-12(22)20-7-8-21(11-14(10-20)17(24)19-2)16(23)9-13-3-5-15(18)6-4-13/h3-6,14H,7-11H2,1-2H3,(H,19,24). The summed E-state index contributed by atoms with van der Waals surface area (Å²) in [5.41, 5.74) is 0.713. The van der Waals surface area contributed by atoms with E-state index in [0.717, 1.165) is 0 Å². The molecule has 0 bridgehead atoms. The second kappa shape index (κ2) is 7.90. The van der Waals surface area contributed by atoms with Crippen molar-refractivity contribution in [2.75, 3.05) is 33.2 Å². The molecular formula is C17H22FN3O3. The molecule has 6 nitrogen and oxygen atoms in total. The van der Waals surface area contributed by atoms with E-state index >= 15 is 0 Å². The highest BCUT2D eigenvalue weighted by molar-refractivity contribution is 5.83. The summed E-state index contributed by atoms with van der Waals surface area (Å²) in [6, 6.07) is 5.78. The highest BCUT2D eigenvalue weighted by atomic mass is 19.1. The summed E-state index contributed by atoms with van der Waals surface area (Å²) < 4.78 is 13.0. The maximum atomic E-state index is 13.0. The van der Waals surface area contributed by atoms with Crippen molar-refractivity contribution in [1.82, 2.24) is 15.1 Å². The lowest BCUT2D eigenvalue weighted by molar-refractivity contribution is -0.132. The van der Waals surface area contributed by atoms with Gasteiger partial charge < -0.3 is 15.1 Å². The first kappa shape index (κ1) is 17.9. The zero-order chi connectivity index (χ0) is 17.7. The van der Waals surface area contributed by atoms with Crippen molar-refractivity contribution in [3.8, 4) is 0 Å². The first-order valence-electron chi connectivity index (χ1n) is 7.90. The van der Waals surface area contributed by atoms with Crippen LogP contribution in [0.15, 0.2) is 24.3 Å². The topological polar surface area (TPSA) is 69.7 Å². The minimum Gasteiger partial charge on any atom is -0.359 e. The van der Waals surface area contributed by atoms with Crippen LogP contribution < -0.4 is 5.32 Å². The highest BCUT2D eigenvalue weighted by Gasteiger charge is 2.30. The molecule has 130 valence electrons. The molecule has 1 aliphatic rings. The van der Waals surface area contributed by atoms with Gasteiger partial charge in [0.15, 0.2) is 0 Å². The van der Waals surface area contributed by atoms with Crippen LogP contribution in [0.1, 0.15) is 12.5 Å². The van der Waals surface area contributed by atoms with Gasteiger partial charge in [0, 0.05) is 40.2 Å². The molecule has 0 aliphatic carbocycles. The van der Waals surface area contributed by atoms with Gasteiger partial charge in [-0.3, -0.25) is 14.4 Å². The third kappa shape index (κ3) is 4.53. The number of rotatable bonds is 3. The zero-order valence-corrected chi connectivity index (χ0v) is 13.9. The summed E-state index contributed by atoms with van der Waals surface area (Å²) in [5.74, 6) is -1.25. The summed E-state index contributed by atoms with van der Waals surface area (Å²) >= 11 is 0.